The van der Waals surface area contributed by atoms with Gasteiger partial charge < -0.3 is 5.73 Å². The summed E-state index contributed by atoms with van der Waals surface area (Å²) in [6, 6.07) is 15.4. The zero-order valence-electron chi connectivity index (χ0n) is 10.5. The van der Waals surface area contributed by atoms with Crippen LogP contribution in [0.25, 0.3) is 0 Å². The van der Waals surface area contributed by atoms with Crippen LogP contribution in [-0.4, -0.2) is 4.21 Å². The lowest BCUT2D eigenvalue weighted by Crippen LogP contribution is -2.00. The molecule has 0 aliphatic heterocycles. The van der Waals surface area contributed by atoms with Crippen molar-refractivity contribution in [1.29, 1.82) is 0 Å². The minimum Gasteiger partial charge on any atom is -0.326 e. The van der Waals surface area contributed by atoms with Gasteiger partial charge in [0.25, 0.3) is 0 Å². The predicted octanol–water partition coefficient (Wildman–Crippen LogP) is 3.25. The third-order valence-electron chi connectivity index (χ3n) is 2.83. The second-order valence-corrected chi connectivity index (χ2v) is 6.27. The van der Waals surface area contributed by atoms with E-state index in [1.54, 1.807) is 0 Å². The lowest BCUT2D eigenvalue weighted by Gasteiger charge is -2.04. The number of rotatable bonds is 5. The molecule has 4 heteroatoms. The number of nitrogens with two attached hydrogens (primary N) is 1. The van der Waals surface area contributed by atoms with Crippen molar-refractivity contribution in [2.45, 2.75) is 18.1 Å². The van der Waals surface area contributed by atoms with Crippen molar-refractivity contribution in [1.82, 2.24) is 0 Å². The Hall–Kier alpha value is -1.16. The average Bonchev–Trinajstić information content (AvgIpc) is 2.42. The minimum atomic E-state index is -0.911. The predicted molar refractivity (Wildman–Crippen MR) is 81.3 cm³/mol. The molecule has 0 saturated carbocycles. The normalized spacial score (nSPS) is 12.3. The van der Waals surface area contributed by atoms with E-state index in [4.69, 9.17) is 17.3 Å². The molecule has 0 fully saturated rings. The molecule has 2 rings (SSSR count). The van der Waals surface area contributed by atoms with Gasteiger partial charge in [-0.15, -0.1) is 0 Å². The highest BCUT2D eigenvalue weighted by Gasteiger charge is 2.04. The van der Waals surface area contributed by atoms with E-state index < -0.39 is 10.8 Å². The maximum atomic E-state index is 12.1. The van der Waals surface area contributed by atoms with Crippen molar-refractivity contribution >= 4 is 22.4 Å². The number of halogens is 1. The second-order valence-electron chi connectivity index (χ2n) is 4.38. The minimum absolute atomic E-state index is 0.536. The van der Waals surface area contributed by atoms with E-state index in [0.29, 0.717) is 23.1 Å². The second kappa shape index (κ2) is 6.85. The van der Waals surface area contributed by atoms with Crippen LogP contribution in [0, 0.1) is 0 Å². The SMILES string of the molecule is NCc1ccc(CS(=O)Cc2ccc(Cl)cc2)cc1. The lowest BCUT2D eigenvalue weighted by atomic mass is 10.1. The first kappa shape index (κ1) is 14.3. The third-order valence-corrected chi connectivity index (χ3v) is 4.39. The molecule has 19 heavy (non-hydrogen) atoms. The molecule has 0 bridgehead atoms. The van der Waals surface area contributed by atoms with Crippen LogP contribution in [0.15, 0.2) is 48.5 Å². The van der Waals surface area contributed by atoms with Crippen LogP contribution in [-0.2, 0) is 28.9 Å². The smallest absolute Gasteiger partial charge is 0.0489 e. The van der Waals surface area contributed by atoms with Crippen LogP contribution < -0.4 is 5.73 Å². The van der Waals surface area contributed by atoms with E-state index in [1.165, 1.54) is 0 Å². The zero-order chi connectivity index (χ0) is 13.7. The van der Waals surface area contributed by atoms with E-state index in [9.17, 15) is 4.21 Å². The number of benzene rings is 2. The van der Waals surface area contributed by atoms with Crippen molar-refractivity contribution in [3.05, 3.63) is 70.2 Å². The summed E-state index contributed by atoms with van der Waals surface area (Å²) < 4.78 is 12.1. The third kappa shape index (κ3) is 4.46. The Morgan fingerprint density at radius 1 is 0.842 bits per heavy atom. The molecule has 0 aromatic heterocycles. The Morgan fingerprint density at radius 2 is 1.26 bits per heavy atom. The van der Waals surface area contributed by atoms with Crippen LogP contribution in [0.2, 0.25) is 5.02 Å². The van der Waals surface area contributed by atoms with Gasteiger partial charge >= 0.3 is 0 Å². The summed E-state index contributed by atoms with van der Waals surface area (Å²) in [5.41, 5.74) is 8.75. The summed E-state index contributed by atoms with van der Waals surface area (Å²) in [5, 5.41) is 0.701. The topological polar surface area (TPSA) is 43.1 Å². The lowest BCUT2D eigenvalue weighted by molar-refractivity contribution is 0.682. The molecule has 2 aromatic rings. The summed E-state index contributed by atoms with van der Waals surface area (Å²) in [6.07, 6.45) is 0. The first-order valence-corrected chi connectivity index (χ1v) is 7.91. The molecule has 2 nitrogen and oxygen atoms in total. The van der Waals surface area contributed by atoms with Crippen LogP contribution >= 0.6 is 11.6 Å². The largest absolute Gasteiger partial charge is 0.326 e. The maximum Gasteiger partial charge on any atom is 0.0489 e. The van der Waals surface area contributed by atoms with Gasteiger partial charge in [0.15, 0.2) is 0 Å². The van der Waals surface area contributed by atoms with Crippen molar-refractivity contribution in [3.8, 4) is 0 Å². The van der Waals surface area contributed by atoms with Crippen molar-refractivity contribution in [2.24, 2.45) is 5.73 Å². The van der Waals surface area contributed by atoms with Gasteiger partial charge in [0.05, 0.1) is 0 Å². The fourth-order valence-corrected chi connectivity index (χ4v) is 3.13. The Labute approximate surface area is 121 Å². The van der Waals surface area contributed by atoms with Crippen LogP contribution in [0.3, 0.4) is 0 Å². The summed E-state index contributed by atoms with van der Waals surface area (Å²) in [5.74, 6) is 1.11. The molecule has 2 aromatic carbocycles. The molecular formula is C15H16ClNOS. The van der Waals surface area contributed by atoms with Gasteiger partial charge in [-0.05, 0) is 28.8 Å². The van der Waals surface area contributed by atoms with Gasteiger partial charge in [-0.1, -0.05) is 48.0 Å². The zero-order valence-corrected chi connectivity index (χ0v) is 12.1. The van der Waals surface area contributed by atoms with Crippen molar-refractivity contribution in [3.63, 3.8) is 0 Å². The highest BCUT2D eigenvalue weighted by molar-refractivity contribution is 7.83. The Morgan fingerprint density at radius 3 is 1.74 bits per heavy atom. The van der Waals surface area contributed by atoms with Gasteiger partial charge in [0.1, 0.15) is 0 Å². The average molecular weight is 294 g/mol. The highest BCUT2D eigenvalue weighted by Crippen LogP contribution is 2.13. The molecule has 100 valence electrons. The highest BCUT2D eigenvalue weighted by atomic mass is 35.5. The van der Waals surface area contributed by atoms with Gasteiger partial charge in [0.2, 0.25) is 0 Å². The Balaban J connectivity index is 1.95. The van der Waals surface area contributed by atoms with Crippen LogP contribution in [0.4, 0.5) is 0 Å². The molecular weight excluding hydrogens is 278 g/mol. The molecule has 0 saturated heterocycles. The van der Waals surface area contributed by atoms with Gasteiger partial charge in [0, 0.05) is 33.9 Å². The molecule has 0 amide bonds. The Kier molecular flexibility index (Phi) is 5.14. The first-order chi connectivity index (χ1) is 9.17. The number of hydrogen-bond acceptors (Lipinski definition) is 2. The van der Waals surface area contributed by atoms with E-state index >= 15 is 0 Å². The molecule has 1 unspecified atom stereocenters. The standard InChI is InChI=1S/C15H16ClNOS/c16-15-7-5-14(6-8-15)11-19(18)10-13-3-1-12(9-17)2-4-13/h1-8H,9-11,17H2. The fraction of sp³-hybridized carbons (Fsp3) is 0.200. The maximum absolute atomic E-state index is 12.1. The number of hydrogen-bond donors (Lipinski definition) is 1. The van der Waals surface area contributed by atoms with E-state index in [1.807, 2.05) is 48.5 Å². The summed E-state index contributed by atoms with van der Waals surface area (Å²) in [6.45, 7) is 0.536. The molecule has 0 heterocycles. The molecule has 0 radical (unpaired) electrons. The van der Waals surface area contributed by atoms with Gasteiger partial charge in [-0.2, -0.15) is 0 Å². The molecule has 0 aliphatic carbocycles. The van der Waals surface area contributed by atoms with Crippen LogP contribution in [0.5, 0.6) is 0 Å². The molecule has 0 spiro atoms. The Bertz CT molecular complexity index is 551. The van der Waals surface area contributed by atoms with Gasteiger partial charge in [-0.3, -0.25) is 4.21 Å². The van der Waals surface area contributed by atoms with Crippen molar-refractivity contribution < 1.29 is 4.21 Å². The van der Waals surface area contributed by atoms with Crippen molar-refractivity contribution in [2.75, 3.05) is 0 Å². The monoisotopic (exact) mass is 293 g/mol. The summed E-state index contributed by atoms with van der Waals surface area (Å²) in [7, 11) is -0.911. The fourth-order valence-electron chi connectivity index (χ4n) is 1.78. The molecule has 1 atom stereocenters. The molecule has 2 N–H and O–H groups in total. The summed E-state index contributed by atoms with van der Waals surface area (Å²) in [4.78, 5) is 0. The van der Waals surface area contributed by atoms with Crippen LogP contribution in [0.1, 0.15) is 16.7 Å². The van der Waals surface area contributed by atoms with Gasteiger partial charge in [-0.25, -0.2) is 0 Å². The summed E-state index contributed by atoms with van der Waals surface area (Å²) >= 11 is 5.82. The molecule has 0 aliphatic rings. The first-order valence-electron chi connectivity index (χ1n) is 6.04. The van der Waals surface area contributed by atoms with E-state index in [2.05, 4.69) is 0 Å². The quantitative estimate of drug-likeness (QED) is 0.919. The van der Waals surface area contributed by atoms with E-state index in [-0.39, 0.29) is 0 Å². The van der Waals surface area contributed by atoms with E-state index in [0.717, 1.165) is 16.7 Å².